The number of carbonyl (C=O) groups is 3. The molecule has 1 aliphatic heterocycles. The molecule has 0 atom stereocenters. The lowest BCUT2D eigenvalue weighted by molar-refractivity contribution is -0.137. The zero-order valence-electron chi connectivity index (χ0n) is 17.1. The number of hydrogen-bond donors (Lipinski definition) is 5. The van der Waals surface area contributed by atoms with Crippen LogP contribution in [0.1, 0.15) is 38.5 Å². The number of aromatic hydroxyl groups is 1. The van der Waals surface area contributed by atoms with Gasteiger partial charge in [0.25, 0.3) is 11.8 Å². The number of nitrogens with zero attached hydrogens (tertiary/aromatic N) is 4. The van der Waals surface area contributed by atoms with Crippen LogP contribution >= 0.6 is 0 Å². The van der Waals surface area contributed by atoms with Crippen LogP contribution in [0, 0.1) is 5.41 Å². The summed E-state index contributed by atoms with van der Waals surface area (Å²) in [6.45, 7) is -0.112. The molecule has 0 spiro atoms. The third kappa shape index (κ3) is 4.21. The van der Waals surface area contributed by atoms with Gasteiger partial charge >= 0.3 is 12.0 Å². The van der Waals surface area contributed by atoms with Gasteiger partial charge in [-0.1, -0.05) is 17.2 Å². The maximum absolute atomic E-state index is 13.2. The summed E-state index contributed by atoms with van der Waals surface area (Å²) in [7, 11) is 0. The number of rotatable bonds is 6. The summed E-state index contributed by atoms with van der Waals surface area (Å²) in [5.41, 5.74) is 6.99. The first kappa shape index (κ1) is 21.5. The van der Waals surface area contributed by atoms with Crippen LogP contribution in [0.5, 0.6) is 6.01 Å². The number of carboxylic acids is 1. The highest BCUT2D eigenvalue weighted by atomic mass is 16.4. The third-order valence-electron chi connectivity index (χ3n) is 5.11. The van der Waals surface area contributed by atoms with E-state index in [-0.39, 0.29) is 36.7 Å². The maximum Gasteiger partial charge on any atom is 0.319 e. The molecule has 0 aliphatic carbocycles. The summed E-state index contributed by atoms with van der Waals surface area (Å²) < 4.78 is 1.31. The van der Waals surface area contributed by atoms with Gasteiger partial charge in [-0.25, -0.2) is 4.57 Å². The van der Waals surface area contributed by atoms with E-state index in [1.807, 2.05) is 0 Å². The number of nitrogens with two attached hydrogens (primary N) is 1. The second kappa shape index (κ2) is 8.42. The first-order chi connectivity index (χ1) is 15.7. The highest BCUT2D eigenvalue weighted by Gasteiger charge is 2.29. The first-order valence-electron chi connectivity index (χ1n) is 9.79. The van der Waals surface area contributed by atoms with Gasteiger partial charge in [-0.2, -0.15) is 0 Å². The molecule has 1 aliphatic rings. The van der Waals surface area contributed by atoms with E-state index in [1.165, 1.54) is 33.7 Å². The monoisotopic (exact) mass is 449 g/mol. The summed E-state index contributed by atoms with van der Waals surface area (Å²) in [6.07, 6.45) is -0.270. The quantitative estimate of drug-likeness (QED) is 0.271. The van der Waals surface area contributed by atoms with Gasteiger partial charge in [0.15, 0.2) is 5.82 Å². The first-order valence-corrected chi connectivity index (χ1v) is 9.79. The predicted molar refractivity (Wildman–Crippen MR) is 115 cm³/mol. The highest BCUT2D eigenvalue weighted by molar-refractivity contribution is 6.06. The second-order valence-corrected chi connectivity index (χ2v) is 7.30. The summed E-state index contributed by atoms with van der Waals surface area (Å²) in [6, 6.07) is 10.3. The van der Waals surface area contributed by atoms with Crippen molar-refractivity contribution in [2.45, 2.75) is 13.0 Å². The lowest BCUT2D eigenvalue weighted by atomic mass is 10.1. The van der Waals surface area contributed by atoms with Crippen LogP contribution in [0.15, 0.2) is 42.5 Å². The van der Waals surface area contributed by atoms with Crippen molar-refractivity contribution in [1.82, 2.24) is 19.7 Å². The average molecular weight is 449 g/mol. The summed E-state index contributed by atoms with van der Waals surface area (Å²) in [5.74, 6) is -1.82. The number of anilines is 1. The number of benzene rings is 2. The van der Waals surface area contributed by atoms with Crippen molar-refractivity contribution in [2.75, 3.05) is 11.9 Å². The van der Waals surface area contributed by atoms with Crippen LogP contribution in [0.25, 0.3) is 5.69 Å². The minimum atomic E-state index is -1.06. The Morgan fingerprint density at radius 3 is 2.48 bits per heavy atom. The van der Waals surface area contributed by atoms with Crippen LogP contribution in [0.2, 0.25) is 0 Å². The fraction of sp³-hybridized carbons (Fsp3) is 0.143. The Morgan fingerprint density at radius 1 is 1.12 bits per heavy atom. The van der Waals surface area contributed by atoms with Gasteiger partial charge in [0.1, 0.15) is 5.84 Å². The van der Waals surface area contributed by atoms with Gasteiger partial charge in [0, 0.05) is 23.4 Å². The van der Waals surface area contributed by atoms with Gasteiger partial charge in [0.2, 0.25) is 0 Å². The molecule has 3 aromatic rings. The Labute approximate surface area is 186 Å². The lowest BCUT2D eigenvalue weighted by Gasteiger charge is -2.19. The smallest absolute Gasteiger partial charge is 0.319 e. The molecule has 0 fully saturated rings. The molecule has 0 saturated carbocycles. The number of hydrogen-bond acceptors (Lipinski definition) is 7. The molecular weight excluding hydrogens is 430 g/mol. The van der Waals surface area contributed by atoms with Gasteiger partial charge in [0.05, 0.1) is 24.2 Å². The van der Waals surface area contributed by atoms with Gasteiger partial charge < -0.3 is 26.2 Å². The molecule has 12 nitrogen and oxygen atoms in total. The van der Waals surface area contributed by atoms with E-state index in [9.17, 15) is 19.5 Å². The molecule has 6 N–H and O–H groups in total. The molecule has 2 aromatic carbocycles. The number of nitrogens with one attached hydrogen (secondary N) is 2. The standard InChI is InChI=1S/C21H19N7O5/c22-18(23)11-1-3-12(4-2-11)19(31)24-13-5-6-15-14(9-13)20(32)27(8-7-17(29)30)10-16-25-26-21(33)28(15)16/h1-6,9H,7-8,10H2,(H3,22,23)(H,24,31)(H,26,33)(H,29,30). The van der Waals surface area contributed by atoms with Gasteiger partial charge in [-0.05, 0) is 30.3 Å². The summed E-state index contributed by atoms with van der Waals surface area (Å²) >= 11 is 0. The SMILES string of the molecule is N=C(N)c1ccc(C(=O)Nc2ccc3c(c2)C(=O)N(CCC(=O)O)Cc2nnc(O)n2-3)cc1. The highest BCUT2D eigenvalue weighted by Crippen LogP contribution is 2.29. The Balaban J connectivity index is 1.66. The van der Waals surface area contributed by atoms with Crippen molar-refractivity contribution in [2.24, 2.45) is 5.73 Å². The number of amides is 2. The topological polar surface area (TPSA) is 188 Å². The zero-order valence-corrected chi connectivity index (χ0v) is 17.1. The van der Waals surface area contributed by atoms with Gasteiger partial charge in [-0.3, -0.25) is 19.8 Å². The van der Waals surface area contributed by atoms with E-state index in [4.69, 9.17) is 16.2 Å². The van der Waals surface area contributed by atoms with Crippen LogP contribution in [-0.4, -0.2) is 60.0 Å². The Kier molecular flexibility index (Phi) is 5.48. The number of nitrogen functional groups attached to an aromatic ring is 1. The third-order valence-corrected chi connectivity index (χ3v) is 5.11. The normalized spacial score (nSPS) is 12.5. The second-order valence-electron chi connectivity index (χ2n) is 7.30. The lowest BCUT2D eigenvalue weighted by Crippen LogP contribution is -2.32. The molecule has 0 unspecified atom stereocenters. The largest absolute Gasteiger partial charge is 0.481 e. The molecule has 2 amide bonds. The Morgan fingerprint density at radius 2 is 1.82 bits per heavy atom. The number of amidine groups is 1. The van der Waals surface area contributed by atoms with E-state index in [0.717, 1.165) is 0 Å². The Bertz CT molecular complexity index is 1280. The minimum Gasteiger partial charge on any atom is -0.481 e. The van der Waals surface area contributed by atoms with E-state index in [1.54, 1.807) is 18.2 Å². The van der Waals surface area contributed by atoms with Crippen molar-refractivity contribution < 1.29 is 24.6 Å². The van der Waals surface area contributed by atoms with Gasteiger partial charge in [-0.15, -0.1) is 5.10 Å². The van der Waals surface area contributed by atoms with Crippen LogP contribution < -0.4 is 11.1 Å². The van der Waals surface area contributed by atoms with Crippen molar-refractivity contribution in [3.63, 3.8) is 0 Å². The molecule has 12 heteroatoms. The van der Waals surface area contributed by atoms with Crippen molar-refractivity contribution >= 4 is 29.3 Å². The number of carboxylic acid groups (broad SMARTS) is 1. The van der Waals surface area contributed by atoms with E-state index < -0.39 is 23.8 Å². The maximum atomic E-state index is 13.2. The fourth-order valence-electron chi connectivity index (χ4n) is 3.46. The fourth-order valence-corrected chi connectivity index (χ4v) is 3.46. The van der Waals surface area contributed by atoms with Crippen LogP contribution in [-0.2, 0) is 11.3 Å². The molecule has 168 valence electrons. The van der Waals surface area contributed by atoms with Crippen molar-refractivity contribution in [3.8, 4) is 11.7 Å². The molecule has 0 saturated heterocycles. The summed E-state index contributed by atoms with van der Waals surface area (Å²) in [5, 5.41) is 36.8. The van der Waals surface area contributed by atoms with Crippen LogP contribution in [0.4, 0.5) is 5.69 Å². The van der Waals surface area contributed by atoms with Crippen LogP contribution in [0.3, 0.4) is 0 Å². The van der Waals surface area contributed by atoms with Crippen molar-refractivity contribution in [1.29, 1.82) is 5.41 Å². The van der Waals surface area contributed by atoms with Crippen molar-refractivity contribution in [3.05, 3.63) is 65.0 Å². The summed E-state index contributed by atoms with van der Waals surface area (Å²) in [4.78, 5) is 38.1. The predicted octanol–water partition coefficient (Wildman–Crippen LogP) is 0.940. The minimum absolute atomic E-state index is 0.0431. The van der Waals surface area contributed by atoms with E-state index in [2.05, 4.69) is 15.5 Å². The number of aliphatic carboxylic acids is 1. The molecular formula is C21H19N7O5. The molecule has 2 heterocycles. The number of aromatic nitrogens is 3. The van der Waals surface area contributed by atoms with E-state index in [0.29, 0.717) is 22.5 Å². The zero-order chi connectivity index (χ0) is 23.7. The molecule has 0 radical (unpaired) electrons. The molecule has 0 bridgehead atoms. The molecule has 1 aromatic heterocycles. The molecule has 4 rings (SSSR count). The number of fused-ring (bicyclic) bond motifs is 3. The number of carbonyl (C=O) groups excluding carboxylic acids is 2. The Hall–Kier alpha value is -4.74. The molecule has 33 heavy (non-hydrogen) atoms. The average Bonchev–Trinajstić information content (AvgIpc) is 3.10. The van der Waals surface area contributed by atoms with E-state index >= 15 is 0 Å².